The van der Waals surface area contributed by atoms with Crippen LogP contribution in [0.15, 0.2) is 16.8 Å². The Balaban J connectivity index is 1.93. The summed E-state index contributed by atoms with van der Waals surface area (Å²) >= 11 is 1.73. The predicted octanol–water partition coefficient (Wildman–Crippen LogP) is 3.00. The molecule has 80 valence electrons. The molecule has 2 nitrogen and oxygen atoms in total. The maximum absolute atomic E-state index is 9.27. The van der Waals surface area contributed by atoms with E-state index in [0.717, 1.165) is 38.9 Å². The molecule has 0 saturated carbocycles. The van der Waals surface area contributed by atoms with Crippen LogP contribution in [0.5, 0.6) is 0 Å². The van der Waals surface area contributed by atoms with Crippen LogP contribution in [0.1, 0.15) is 24.8 Å². The van der Waals surface area contributed by atoms with Gasteiger partial charge in [0.15, 0.2) is 0 Å². The second kappa shape index (κ2) is 4.78. The van der Waals surface area contributed by atoms with Crippen molar-refractivity contribution in [2.45, 2.75) is 25.7 Å². The van der Waals surface area contributed by atoms with E-state index in [1.54, 1.807) is 11.3 Å². The molecule has 0 N–H and O–H groups in total. The molecule has 2 rings (SSSR count). The molecule has 1 aliphatic heterocycles. The Kier molecular flexibility index (Phi) is 3.40. The number of nitriles is 1. The number of hydrogen-bond donors (Lipinski definition) is 0. The van der Waals surface area contributed by atoms with Crippen molar-refractivity contribution < 1.29 is 4.74 Å². The minimum Gasteiger partial charge on any atom is -0.381 e. The van der Waals surface area contributed by atoms with E-state index in [0.29, 0.717) is 0 Å². The van der Waals surface area contributed by atoms with E-state index in [1.165, 1.54) is 5.56 Å². The quantitative estimate of drug-likeness (QED) is 0.786. The molecule has 0 aliphatic carbocycles. The highest BCUT2D eigenvalue weighted by Gasteiger charge is 2.32. The van der Waals surface area contributed by atoms with Crippen molar-refractivity contribution in [1.82, 2.24) is 0 Å². The Morgan fingerprint density at radius 3 is 2.87 bits per heavy atom. The van der Waals surface area contributed by atoms with Gasteiger partial charge in [-0.3, -0.25) is 0 Å². The maximum atomic E-state index is 9.27. The van der Waals surface area contributed by atoms with Crippen molar-refractivity contribution in [2.75, 3.05) is 13.2 Å². The number of rotatable bonds is 3. The molecule has 15 heavy (non-hydrogen) atoms. The Hall–Kier alpha value is -0.850. The lowest BCUT2D eigenvalue weighted by Gasteiger charge is -2.30. The Labute approximate surface area is 94.5 Å². The molecule has 0 radical (unpaired) electrons. The lowest BCUT2D eigenvalue weighted by Crippen LogP contribution is -2.28. The molecule has 0 atom stereocenters. The molecule has 1 aliphatic rings. The minimum absolute atomic E-state index is 0.125. The molecule has 1 aromatic rings. The van der Waals surface area contributed by atoms with Crippen LogP contribution in [-0.4, -0.2) is 13.2 Å². The van der Waals surface area contributed by atoms with Gasteiger partial charge in [-0.05, 0) is 48.1 Å². The van der Waals surface area contributed by atoms with Gasteiger partial charge in [0, 0.05) is 13.2 Å². The van der Waals surface area contributed by atoms with E-state index in [9.17, 15) is 5.26 Å². The van der Waals surface area contributed by atoms with Crippen molar-refractivity contribution in [1.29, 1.82) is 5.26 Å². The summed E-state index contributed by atoms with van der Waals surface area (Å²) in [4.78, 5) is 0. The highest BCUT2D eigenvalue weighted by Crippen LogP contribution is 2.34. The summed E-state index contributed by atoms with van der Waals surface area (Å²) in [5, 5.41) is 13.5. The summed E-state index contributed by atoms with van der Waals surface area (Å²) in [7, 11) is 0. The normalized spacial score (nSPS) is 19.7. The first-order chi connectivity index (χ1) is 7.35. The summed E-state index contributed by atoms with van der Waals surface area (Å²) in [6.07, 6.45) is 3.79. The molecule has 1 fully saturated rings. The number of hydrogen-bond acceptors (Lipinski definition) is 3. The number of ether oxygens (including phenoxy) is 1. The first kappa shape index (κ1) is 10.7. The molecule has 0 spiro atoms. The molecular formula is C12H15NOS. The zero-order valence-electron chi connectivity index (χ0n) is 8.74. The molecule has 1 aromatic heterocycles. The van der Waals surface area contributed by atoms with Gasteiger partial charge in [-0.25, -0.2) is 0 Å². The molecule has 0 bridgehead atoms. The van der Waals surface area contributed by atoms with Gasteiger partial charge in [-0.15, -0.1) is 0 Å². The van der Waals surface area contributed by atoms with E-state index < -0.39 is 0 Å². The van der Waals surface area contributed by atoms with E-state index in [1.807, 2.05) is 0 Å². The van der Waals surface area contributed by atoms with Crippen LogP contribution < -0.4 is 0 Å². The second-order valence-corrected chi connectivity index (χ2v) is 4.92. The third-order valence-corrected chi connectivity index (χ3v) is 3.89. The van der Waals surface area contributed by atoms with Gasteiger partial charge < -0.3 is 4.74 Å². The van der Waals surface area contributed by atoms with Gasteiger partial charge >= 0.3 is 0 Å². The lowest BCUT2D eigenvalue weighted by atomic mass is 9.77. The lowest BCUT2D eigenvalue weighted by molar-refractivity contribution is 0.0371. The summed E-state index contributed by atoms with van der Waals surface area (Å²) in [5.41, 5.74) is 1.24. The summed E-state index contributed by atoms with van der Waals surface area (Å²) < 4.78 is 5.31. The standard InChI is InChI=1S/C12H15NOS/c13-10-12(4-6-14-7-5-12)3-1-11-2-8-15-9-11/h2,8-9H,1,3-7H2. The maximum Gasteiger partial charge on any atom is 0.0691 e. The van der Waals surface area contributed by atoms with Crippen molar-refractivity contribution in [3.8, 4) is 6.07 Å². The Bertz CT molecular complexity index is 333. The molecule has 0 aromatic carbocycles. The third kappa shape index (κ3) is 2.58. The van der Waals surface area contributed by atoms with Crippen LogP contribution in [0, 0.1) is 16.7 Å². The van der Waals surface area contributed by atoms with E-state index in [2.05, 4.69) is 22.9 Å². The fourth-order valence-corrected chi connectivity index (χ4v) is 2.70. The fourth-order valence-electron chi connectivity index (χ4n) is 2.00. The van der Waals surface area contributed by atoms with E-state index in [4.69, 9.17) is 4.74 Å². The van der Waals surface area contributed by atoms with Crippen LogP contribution in [0.4, 0.5) is 0 Å². The van der Waals surface area contributed by atoms with Gasteiger partial charge in [0.25, 0.3) is 0 Å². The van der Waals surface area contributed by atoms with Gasteiger partial charge in [-0.1, -0.05) is 0 Å². The molecule has 1 saturated heterocycles. The molecule has 0 unspecified atom stereocenters. The zero-order chi connectivity index (χ0) is 10.6. The van der Waals surface area contributed by atoms with Gasteiger partial charge in [0.05, 0.1) is 11.5 Å². The van der Waals surface area contributed by atoms with Gasteiger partial charge in [0.1, 0.15) is 0 Å². The largest absolute Gasteiger partial charge is 0.381 e. The van der Waals surface area contributed by atoms with Crippen molar-refractivity contribution in [3.63, 3.8) is 0 Å². The van der Waals surface area contributed by atoms with Crippen LogP contribution in [-0.2, 0) is 11.2 Å². The zero-order valence-corrected chi connectivity index (χ0v) is 9.55. The fraction of sp³-hybridized carbons (Fsp3) is 0.583. The summed E-state index contributed by atoms with van der Waals surface area (Å²) in [5.74, 6) is 0. The first-order valence-electron chi connectivity index (χ1n) is 5.35. The Morgan fingerprint density at radius 2 is 2.27 bits per heavy atom. The highest BCUT2D eigenvalue weighted by molar-refractivity contribution is 7.07. The average Bonchev–Trinajstić information content (AvgIpc) is 2.81. The van der Waals surface area contributed by atoms with Crippen LogP contribution in [0.2, 0.25) is 0 Å². The van der Waals surface area contributed by atoms with Crippen LogP contribution >= 0.6 is 11.3 Å². The third-order valence-electron chi connectivity index (χ3n) is 3.16. The second-order valence-electron chi connectivity index (χ2n) is 4.14. The molecular weight excluding hydrogens is 206 g/mol. The van der Waals surface area contributed by atoms with E-state index in [-0.39, 0.29) is 5.41 Å². The van der Waals surface area contributed by atoms with Crippen LogP contribution in [0.3, 0.4) is 0 Å². The summed E-state index contributed by atoms with van der Waals surface area (Å²) in [6.45, 7) is 1.49. The number of aryl methyl sites for hydroxylation is 1. The number of nitrogens with zero attached hydrogens (tertiary/aromatic N) is 1. The van der Waals surface area contributed by atoms with Crippen molar-refractivity contribution in [3.05, 3.63) is 22.4 Å². The van der Waals surface area contributed by atoms with Gasteiger partial charge in [0.2, 0.25) is 0 Å². The molecule has 0 amide bonds. The minimum atomic E-state index is -0.125. The van der Waals surface area contributed by atoms with Gasteiger partial charge in [-0.2, -0.15) is 16.6 Å². The average molecular weight is 221 g/mol. The molecule has 2 heterocycles. The number of thiophene rings is 1. The summed E-state index contributed by atoms with van der Waals surface area (Å²) in [6, 6.07) is 4.65. The molecule has 3 heteroatoms. The predicted molar refractivity (Wildman–Crippen MR) is 60.7 cm³/mol. The Morgan fingerprint density at radius 1 is 1.47 bits per heavy atom. The first-order valence-corrected chi connectivity index (χ1v) is 6.29. The van der Waals surface area contributed by atoms with Crippen molar-refractivity contribution in [2.24, 2.45) is 5.41 Å². The van der Waals surface area contributed by atoms with Crippen molar-refractivity contribution >= 4 is 11.3 Å². The van der Waals surface area contributed by atoms with Crippen LogP contribution in [0.25, 0.3) is 0 Å². The van der Waals surface area contributed by atoms with E-state index >= 15 is 0 Å². The monoisotopic (exact) mass is 221 g/mol. The highest BCUT2D eigenvalue weighted by atomic mass is 32.1. The smallest absolute Gasteiger partial charge is 0.0691 e. The topological polar surface area (TPSA) is 33.0 Å². The SMILES string of the molecule is N#CC1(CCc2ccsc2)CCOCC1.